The topological polar surface area (TPSA) is 29.3 Å². The first-order valence-electron chi connectivity index (χ1n) is 7.68. The largest absolute Gasteiger partial charge is 0.329 e. The minimum absolute atomic E-state index is 0.684. The minimum atomic E-state index is 0.684. The lowest BCUT2D eigenvalue weighted by Gasteiger charge is -2.35. The summed E-state index contributed by atoms with van der Waals surface area (Å²) >= 11 is 0. The molecule has 0 saturated heterocycles. The lowest BCUT2D eigenvalue weighted by atomic mass is 9.95. The van der Waals surface area contributed by atoms with E-state index in [1.807, 2.05) is 0 Å². The summed E-state index contributed by atoms with van der Waals surface area (Å²) in [7, 11) is 0. The summed E-state index contributed by atoms with van der Waals surface area (Å²) in [6.45, 7) is 6.82. The standard InChI is InChI=1S/C15H30N2/c1-12(2)9-10-17(14-7-8-14)15(11-16)13-5-3-4-6-13/h12-15H,3-11,16H2,1-2H3. The fourth-order valence-electron chi connectivity index (χ4n) is 3.37. The summed E-state index contributed by atoms with van der Waals surface area (Å²) in [5, 5.41) is 0. The average molecular weight is 238 g/mol. The number of hydrogen-bond donors (Lipinski definition) is 1. The van der Waals surface area contributed by atoms with Gasteiger partial charge in [0.05, 0.1) is 0 Å². The molecule has 0 radical (unpaired) electrons. The normalized spacial score (nSPS) is 23.8. The zero-order valence-corrected chi connectivity index (χ0v) is 11.7. The van der Waals surface area contributed by atoms with Gasteiger partial charge in [0.25, 0.3) is 0 Å². The lowest BCUT2D eigenvalue weighted by molar-refractivity contribution is 0.131. The van der Waals surface area contributed by atoms with Gasteiger partial charge in [-0.05, 0) is 50.5 Å². The maximum absolute atomic E-state index is 6.08. The van der Waals surface area contributed by atoms with E-state index in [-0.39, 0.29) is 0 Å². The first-order chi connectivity index (χ1) is 8.22. The highest BCUT2D eigenvalue weighted by Gasteiger charge is 2.37. The molecule has 2 aliphatic carbocycles. The molecule has 0 amide bonds. The molecular weight excluding hydrogens is 208 g/mol. The first-order valence-corrected chi connectivity index (χ1v) is 7.68. The molecule has 0 bridgehead atoms. The van der Waals surface area contributed by atoms with Crippen LogP contribution in [0.15, 0.2) is 0 Å². The number of nitrogens with two attached hydrogens (primary N) is 1. The van der Waals surface area contributed by atoms with Gasteiger partial charge in [-0.15, -0.1) is 0 Å². The van der Waals surface area contributed by atoms with Gasteiger partial charge in [-0.2, -0.15) is 0 Å². The van der Waals surface area contributed by atoms with Crippen molar-refractivity contribution in [2.75, 3.05) is 13.1 Å². The Morgan fingerprint density at radius 3 is 2.24 bits per heavy atom. The van der Waals surface area contributed by atoms with Crippen LogP contribution < -0.4 is 5.73 Å². The smallest absolute Gasteiger partial charge is 0.0249 e. The Morgan fingerprint density at radius 1 is 1.12 bits per heavy atom. The molecule has 0 heterocycles. The van der Waals surface area contributed by atoms with Crippen LogP contribution in [0.25, 0.3) is 0 Å². The summed E-state index contributed by atoms with van der Waals surface area (Å²) in [5.74, 6) is 1.71. The van der Waals surface area contributed by atoms with Gasteiger partial charge in [-0.1, -0.05) is 26.7 Å². The van der Waals surface area contributed by atoms with Gasteiger partial charge in [0, 0.05) is 18.6 Å². The summed E-state index contributed by atoms with van der Waals surface area (Å²) in [6, 6.07) is 1.56. The molecule has 1 unspecified atom stereocenters. The van der Waals surface area contributed by atoms with E-state index < -0.39 is 0 Å². The fourth-order valence-corrected chi connectivity index (χ4v) is 3.37. The van der Waals surface area contributed by atoms with E-state index in [9.17, 15) is 0 Å². The van der Waals surface area contributed by atoms with Crippen LogP contribution in [0.4, 0.5) is 0 Å². The second-order valence-corrected chi connectivity index (χ2v) is 6.50. The van der Waals surface area contributed by atoms with Crippen LogP contribution in [-0.2, 0) is 0 Å². The van der Waals surface area contributed by atoms with E-state index >= 15 is 0 Å². The Labute approximate surface area is 107 Å². The molecule has 100 valence electrons. The molecule has 17 heavy (non-hydrogen) atoms. The highest BCUT2D eigenvalue weighted by Crippen LogP contribution is 2.36. The van der Waals surface area contributed by atoms with E-state index in [0.29, 0.717) is 6.04 Å². The highest BCUT2D eigenvalue weighted by atomic mass is 15.2. The van der Waals surface area contributed by atoms with Crippen molar-refractivity contribution in [2.24, 2.45) is 17.6 Å². The van der Waals surface area contributed by atoms with Crippen LogP contribution in [0.3, 0.4) is 0 Å². The Bertz CT molecular complexity index is 217. The van der Waals surface area contributed by atoms with Gasteiger partial charge in [0.2, 0.25) is 0 Å². The maximum Gasteiger partial charge on any atom is 0.0249 e. The van der Waals surface area contributed by atoms with Gasteiger partial charge in [-0.25, -0.2) is 0 Å². The number of rotatable bonds is 7. The summed E-state index contributed by atoms with van der Waals surface area (Å²) in [4.78, 5) is 2.77. The van der Waals surface area contributed by atoms with E-state index in [1.54, 1.807) is 0 Å². The third-order valence-electron chi connectivity index (χ3n) is 4.59. The molecule has 2 fully saturated rings. The Hall–Kier alpha value is -0.0800. The van der Waals surface area contributed by atoms with Crippen molar-refractivity contribution in [3.05, 3.63) is 0 Å². The molecule has 0 aromatic rings. The van der Waals surface area contributed by atoms with Crippen LogP contribution in [0.5, 0.6) is 0 Å². The second-order valence-electron chi connectivity index (χ2n) is 6.50. The summed E-state index contributed by atoms with van der Waals surface area (Å²) in [5.41, 5.74) is 6.08. The van der Waals surface area contributed by atoms with Crippen molar-refractivity contribution in [3.63, 3.8) is 0 Å². The zero-order valence-electron chi connectivity index (χ0n) is 11.7. The molecule has 2 aliphatic rings. The average Bonchev–Trinajstić information content (AvgIpc) is 3.00. The minimum Gasteiger partial charge on any atom is -0.329 e. The van der Waals surface area contributed by atoms with Crippen molar-refractivity contribution in [3.8, 4) is 0 Å². The van der Waals surface area contributed by atoms with Crippen LogP contribution in [0, 0.1) is 11.8 Å². The van der Waals surface area contributed by atoms with E-state index in [2.05, 4.69) is 18.7 Å². The quantitative estimate of drug-likeness (QED) is 0.739. The second kappa shape index (κ2) is 6.19. The van der Waals surface area contributed by atoms with Crippen molar-refractivity contribution >= 4 is 0 Å². The molecule has 2 heteroatoms. The Balaban J connectivity index is 1.91. The lowest BCUT2D eigenvalue weighted by Crippen LogP contribution is -2.47. The van der Waals surface area contributed by atoms with Crippen molar-refractivity contribution in [1.82, 2.24) is 4.90 Å². The number of hydrogen-bond acceptors (Lipinski definition) is 2. The maximum atomic E-state index is 6.08. The van der Waals surface area contributed by atoms with E-state index in [1.165, 1.54) is 51.5 Å². The molecule has 2 rings (SSSR count). The molecule has 0 aromatic heterocycles. The molecule has 0 aliphatic heterocycles. The monoisotopic (exact) mass is 238 g/mol. The molecular formula is C15H30N2. The van der Waals surface area contributed by atoms with E-state index in [0.717, 1.165) is 24.4 Å². The Morgan fingerprint density at radius 2 is 1.76 bits per heavy atom. The van der Waals surface area contributed by atoms with Crippen LogP contribution in [-0.4, -0.2) is 30.1 Å². The number of nitrogens with zero attached hydrogens (tertiary/aromatic N) is 1. The van der Waals surface area contributed by atoms with Gasteiger partial charge in [-0.3, -0.25) is 4.90 Å². The molecule has 0 spiro atoms. The third kappa shape index (κ3) is 3.69. The van der Waals surface area contributed by atoms with Crippen molar-refractivity contribution in [1.29, 1.82) is 0 Å². The molecule has 2 N–H and O–H groups in total. The SMILES string of the molecule is CC(C)CCN(C1CC1)C(CN)C1CCCC1. The van der Waals surface area contributed by atoms with Gasteiger partial charge >= 0.3 is 0 Å². The Kier molecular flexibility index (Phi) is 4.87. The zero-order chi connectivity index (χ0) is 12.3. The summed E-state index contributed by atoms with van der Waals surface area (Å²) in [6.07, 6.45) is 9.88. The van der Waals surface area contributed by atoms with Gasteiger partial charge in [0.1, 0.15) is 0 Å². The predicted octanol–water partition coefficient (Wildman–Crippen LogP) is 3.01. The van der Waals surface area contributed by atoms with Crippen LogP contribution >= 0.6 is 0 Å². The summed E-state index contributed by atoms with van der Waals surface area (Å²) < 4.78 is 0. The van der Waals surface area contributed by atoms with Gasteiger partial charge in [0.15, 0.2) is 0 Å². The van der Waals surface area contributed by atoms with Gasteiger partial charge < -0.3 is 5.73 Å². The predicted molar refractivity (Wildman–Crippen MR) is 74.0 cm³/mol. The third-order valence-corrected chi connectivity index (χ3v) is 4.59. The van der Waals surface area contributed by atoms with Crippen LogP contribution in [0.2, 0.25) is 0 Å². The highest BCUT2D eigenvalue weighted by molar-refractivity contribution is 4.93. The van der Waals surface area contributed by atoms with Crippen LogP contribution in [0.1, 0.15) is 58.8 Å². The fraction of sp³-hybridized carbons (Fsp3) is 1.00. The van der Waals surface area contributed by atoms with Crippen molar-refractivity contribution in [2.45, 2.75) is 70.9 Å². The molecule has 0 aromatic carbocycles. The molecule has 2 saturated carbocycles. The van der Waals surface area contributed by atoms with E-state index in [4.69, 9.17) is 5.73 Å². The first kappa shape index (κ1) is 13.4. The van der Waals surface area contributed by atoms with Crippen molar-refractivity contribution < 1.29 is 0 Å². The molecule has 2 nitrogen and oxygen atoms in total. The molecule has 1 atom stereocenters.